The second-order valence-electron chi connectivity index (χ2n) is 5.06. The molecule has 0 aromatic heterocycles. The van der Waals surface area contributed by atoms with E-state index in [1.54, 1.807) is 0 Å². The number of aliphatic hydroxyl groups is 1. The quantitative estimate of drug-likeness (QED) is 0.652. The maximum Gasteiger partial charge on any atom is 0.233 e. The molecule has 0 aliphatic carbocycles. The number of hydrogen-bond donors (Lipinski definition) is 2. The van der Waals surface area contributed by atoms with Gasteiger partial charge in [0.2, 0.25) is 5.91 Å². The van der Waals surface area contributed by atoms with Crippen LogP contribution in [0.3, 0.4) is 0 Å². The lowest BCUT2D eigenvalue weighted by molar-refractivity contribution is -0.170. The number of carbonyl (C=O) groups is 1. The van der Waals surface area contributed by atoms with Crippen LogP contribution in [0.1, 0.15) is 6.42 Å². The third-order valence-electron chi connectivity index (χ3n) is 3.58. The fourth-order valence-electron chi connectivity index (χ4n) is 2.26. The van der Waals surface area contributed by atoms with Crippen molar-refractivity contribution in [2.75, 3.05) is 46.5 Å². The number of nitrogens with zero attached hydrogens (tertiary/aromatic N) is 1. The van der Waals surface area contributed by atoms with Crippen molar-refractivity contribution >= 4 is 5.91 Å². The molecule has 2 aliphatic rings. The summed E-state index contributed by atoms with van der Waals surface area (Å²) in [6, 6.07) is 0. The number of aliphatic hydroxyl groups excluding tert-OH is 1. The van der Waals surface area contributed by atoms with Crippen LogP contribution in [-0.2, 0) is 9.53 Å². The maximum atomic E-state index is 11.9. The van der Waals surface area contributed by atoms with Gasteiger partial charge in [0, 0.05) is 13.1 Å². The average Bonchev–Trinajstić information content (AvgIpc) is 2.60. The Labute approximate surface area is 95.8 Å². The lowest BCUT2D eigenvalue weighted by Gasteiger charge is -2.38. The van der Waals surface area contributed by atoms with Gasteiger partial charge in [-0.3, -0.25) is 4.79 Å². The Morgan fingerprint density at radius 1 is 1.62 bits per heavy atom. The number of amides is 1. The Hall–Kier alpha value is -0.650. The van der Waals surface area contributed by atoms with Crippen LogP contribution < -0.4 is 5.32 Å². The van der Waals surface area contributed by atoms with E-state index in [1.165, 1.54) is 0 Å². The summed E-state index contributed by atoms with van der Waals surface area (Å²) < 4.78 is 5.01. The Balaban J connectivity index is 1.75. The van der Waals surface area contributed by atoms with Crippen LogP contribution in [0.2, 0.25) is 0 Å². The van der Waals surface area contributed by atoms with Crippen LogP contribution in [0, 0.1) is 11.3 Å². The Morgan fingerprint density at radius 3 is 2.81 bits per heavy atom. The van der Waals surface area contributed by atoms with E-state index in [1.807, 2.05) is 0 Å². The number of carbonyl (C=O) groups excluding carboxylic acids is 1. The predicted octanol–water partition coefficient (Wildman–Crippen LogP) is -0.937. The van der Waals surface area contributed by atoms with Crippen LogP contribution in [0.5, 0.6) is 0 Å². The van der Waals surface area contributed by atoms with Gasteiger partial charge in [0.05, 0.1) is 19.8 Å². The van der Waals surface area contributed by atoms with Gasteiger partial charge in [0.25, 0.3) is 0 Å². The van der Waals surface area contributed by atoms with E-state index >= 15 is 0 Å². The number of nitrogens with one attached hydrogen (secondary N) is 1. The van der Waals surface area contributed by atoms with E-state index in [0.29, 0.717) is 25.7 Å². The van der Waals surface area contributed by atoms with Gasteiger partial charge >= 0.3 is 0 Å². The average molecular weight is 228 g/mol. The summed E-state index contributed by atoms with van der Waals surface area (Å²) in [6.07, 6.45) is 1.14. The minimum atomic E-state index is -0.662. The van der Waals surface area contributed by atoms with Gasteiger partial charge in [-0.25, -0.2) is 0 Å². The number of hydrogen-bond acceptors (Lipinski definition) is 4. The molecule has 1 amide bonds. The van der Waals surface area contributed by atoms with Gasteiger partial charge in [-0.05, 0) is 25.9 Å². The largest absolute Gasteiger partial charge is 0.395 e. The summed E-state index contributed by atoms with van der Waals surface area (Å²) >= 11 is 0. The summed E-state index contributed by atoms with van der Waals surface area (Å²) in [6.45, 7) is 3.44. The second kappa shape index (κ2) is 4.69. The fraction of sp³-hybridized carbons (Fsp3) is 0.909. The molecule has 0 saturated carbocycles. The highest BCUT2D eigenvalue weighted by atomic mass is 16.5. The Morgan fingerprint density at radius 2 is 2.38 bits per heavy atom. The van der Waals surface area contributed by atoms with Crippen LogP contribution in [-0.4, -0.2) is 62.4 Å². The summed E-state index contributed by atoms with van der Waals surface area (Å²) in [5, 5.41) is 12.1. The minimum absolute atomic E-state index is 0.0594. The standard InChI is InChI=1S/C11H20N2O3/c1-13-3-2-9(5-13)4-12-10(15)11(6-14)7-16-8-11/h9,14H,2-8H2,1H3,(H,12,15). The highest BCUT2D eigenvalue weighted by Gasteiger charge is 2.45. The molecule has 2 heterocycles. The molecule has 2 fully saturated rings. The molecule has 2 N–H and O–H groups in total. The summed E-state index contributed by atoms with van der Waals surface area (Å²) in [7, 11) is 2.09. The summed E-state index contributed by atoms with van der Waals surface area (Å²) in [5.74, 6) is 0.487. The van der Waals surface area contributed by atoms with Gasteiger partial charge in [-0.2, -0.15) is 0 Å². The van der Waals surface area contributed by atoms with Crippen molar-refractivity contribution in [2.45, 2.75) is 6.42 Å². The number of likely N-dealkylation sites (tertiary alicyclic amines) is 1. The highest BCUT2D eigenvalue weighted by Crippen LogP contribution is 2.27. The maximum absolute atomic E-state index is 11.9. The van der Waals surface area contributed by atoms with Crippen molar-refractivity contribution < 1.29 is 14.6 Å². The predicted molar refractivity (Wildman–Crippen MR) is 59.0 cm³/mol. The molecule has 16 heavy (non-hydrogen) atoms. The first-order valence-corrected chi connectivity index (χ1v) is 5.82. The minimum Gasteiger partial charge on any atom is -0.395 e. The Bertz CT molecular complexity index is 260. The van der Waals surface area contributed by atoms with Crippen LogP contribution in [0.15, 0.2) is 0 Å². The van der Waals surface area contributed by atoms with Crippen molar-refractivity contribution in [1.82, 2.24) is 10.2 Å². The van der Waals surface area contributed by atoms with E-state index in [2.05, 4.69) is 17.3 Å². The molecule has 0 spiro atoms. The zero-order chi connectivity index (χ0) is 11.6. The molecule has 0 bridgehead atoms. The fourth-order valence-corrected chi connectivity index (χ4v) is 2.26. The third-order valence-corrected chi connectivity index (χ3v) is 3.58. The molecule has 0 aromatic rings. The molecule has 2 rings (SSSR count). The molecule has 1 atom stereocenters. The molecule has 2 aliphatic heterocycles. The van der Waals surface area contributed by atoms with Gasteiger partial charge in [-0.15, -0.1) is 0 Å². The SMILES string of the molecule is CN1CCC(CNC(=O)C2(CO)COC2)C1. The normalized spacial score (nSPS) is 28.8. The van der Waals surface area contributed by atoms with Gasteiger partial charge < -0.3 is 20.1 Å². The van der Waals surface area contributed by atoms with E-state index in [4.69, 9.17) is 4.74 Å². The van der Waals surface area contributed by atoms with Gasteiger partial charge in [0.1, 0.15) is 5.41 Å². The highest BCUT2D eigenvalue weighted by molar-refractivity contribution is 5.83. The van der Waals surface area contributed by atoms with E-state index < -0.39 is 5.41 Å². The first-order chi connectivity index (χ1) is 7.66. The molecular weight excluding hydrogens is 208 g/mol. The second-order valence-corrected chi connectivity index (χ2v) is 5.06. The van der Waals surface area contributed by atoms with Crippen molar-refractivity contribution in [3.05, 3.63) is 0 Å². The summed E-state index contributed by atoms with van der Waals surface area (Å²) in [5.41, 5.74) is -0.662. The zero-order valence-electron chi connectivity index (χ0n) is 9.74. The third kappa shape index (κ3) is 2.21. The molecule has 1 unspecified atom stereocenters. The number of ether oxygens (including phenoxy) is 1. The van der Waals surface area contributed by atoms with Gasteiger partial charge in [0.15, 0.2) is 0 Å². The topological polar surface area (TPSA) is 61.8 Å². The molecule has 92 valence electrons. The van der Waals surface area contributed by atoms with Crippen LogP contribution in [0.4, 0.5) is 0 Å². The zero-order valence-corrected chi connectivity index (χ0v) is 9.74. The van der Waals surface area contributed by atoms with Crippen LogP contribution in [0.25, 0.3) is 0 Å². The van der Waals surface area contributed by atoms with Crippen molar-refractivity contribution in [2.24, 2.45) is 11.3 Å². The summed E-state index contributed by atoms with van der Waals surface area (Å²) in [4.78, 5) is 14.1. The molecule has 2 saturated heterocycles. The van der Waals surface area contributed by atoms with Crippen molar-refractivity contribution in [3.63, 3.8) is 0 Å². The molecular formula is C11H20N2O3. The van der Waals surface area contributed by atoms with E-state index in [9.17, 15) is 9.90 Å². The molecule has 5 heteroatoms. The van der Waals surface area contributed by atoms with E-state index in [0.717, 1.165) is 19.5 Å². The van der Waals surface area contributed by atoms with Crippen molar-refractivity contribution in [3.8, 4) is 0 Å². The first kappa shape index (κ1) is 11.8. The smallest absolute Gasteiger partial charge is 0.233 e. The monoisotopic (exact) mass is 228 g/mol. The van der Waals surface area contributed by atoms with Crippen molar-refractivity contribution in [1.29, 1.82) is 0 Å². The van der Waals surface area contributed by atoms with Gasteiger partial charge in [-0.1, -0.05) is 0 Å². The molecule has 0 aromatic carbocycles. The lowest BCUT2D eigenvalue weighted by Crippen LogP contribution is -2.57. The molecule has 0 radical (unpaired) electrons. The number of rotatable bonds is 4. The van der Waals surface area contributed by atoms with E-state index in [-0.39, 0.29) is 12.5 Å². The molecule has 5 nitrogen and oxygen atoms in total. The lowest BCUT2D eigenvalue weighted by atomic mass is 9.86. The Kier molecular flexibility index (Phi) is 3.47. The van der Waals surface area contributed by atoms with Crippen LogP contribution >= 0.6 is 0 Å². The first-order valence-electron chi connectivity index (χ1n) is 5.82.